The molecule has 0 saturated carbocycles. The molecule has 0 aliphatic carbocycles. The molecule has 1 saturated heterocycles. The van der Waals surface area contributed by atoms with Gasteiger partial charge in [0.2, 0.25) is 0 Å². The van der Waals surface area contributed by atoms with Crippen LogP contribution in [0.15, 0.2) is 18.2 Å². The van der Waals surface area contributed by atoms with Gasteiger partial charge in [-0.05, 0) is 44.9 Å². The second-order valence-corrected chi connectivity index (χ2v) is 4.96. The fourth-order valence-corrected chi connectivity index (χ4v) is 2.51. The molecule has 2 rings (SSSR count). The molecule has 0 bridgehead atoms. The predicted octanol–water partition coefficient (Wildman–Crippen LogP) is 2.34. The number of nitrogens with one attached hydrogen (secondary N) is 2. The molecule has 4 nitrogen and oxygen atoms in total. The van der Waals surface area contributed by atoms with Crippen LogP contribution in [-0.4, -0.2) is 30.8 Å². The number of methoxy groups -OCH3 is 1. The lowest BCUT2D eigenvalue weighted by molar-refractivity contribution is 0.373. The highest BCUT2D eigenvalue weighted by molar-refractivity contribution is 5.54. The molecule has 1 aromatic rings. The Kier molecular flexibility index (Phi) is 4.31. The van der Waals surface area contributed by atoms with E-state index in [9.17, 15) is 5.11 Å². The van der Waals surface area contributed by atoms with Gasteiger partial charge in [0.15, 0.2) is 11.5 Å². The van der Waals surface area contributed by atoms with Gasteiger partial charge in [-0.15, -0.1) is 0 Å². The Morgan fingerprint density at radius 1 is 1.56 bits per heavy atom. The summed E-state index contributed by atoms with van der Waals surface area (Å²) in [5, 5.41) is 16.6. The summed E-state index contributed by atoms with van der Waals surface area (Å²) in [5.41, 5.74) is 0.929. The second-order valence-electron chi connectivity index (χ2n) is 4.96. The summed E-state index contributed by atoms with van der Waals surface area (Å²) in [6.45, 7) is 3.31. The number of hydrogen-bond donors (Lipinski definition) is 3. The first kappa shape index (κ1) is 13.0. The molecule has 2 atom stereocenters. The van der Waals surface area contributed by atoms with Crippen molar-refractivity contribution in [1.82, 2.24) is 5.32 Å². The van der Waals surface area contributed by atoms with Crippen molar-refractivity contribution in [2.24, 2.45) is 0 Å². The van der Waals surface area contributed by atoms with Gasteiger partial charge in [-0.2, -0.15) is 0 Å². The SMILES string of the molecule is COc1ccc(NC(C)CC2CCCN2)cc1O. The molecule has 4 heteroatoms. The first-order valence-electron chi connectivity index (χ1n) is 6.56. The fourth-order valence-electron chi connectivity index (χ4n) is 2.51. The number of benzene rings is 1. The smallest absolute Gasteiger partial charge is 0.160 e. The third-order valence-electron chi connectivity index (χ3n) is 3.39. The van der Waals surface area contributed by atoms with Crippen LogP contribution in [0.2, 0.25) is 0 Å². The van der Waals surface area contributed by atoms with E-state index in [1.807, 2.05) is 6.07 Å². The quantitative estimate of drug-likeness (QED) is 0.751. The predicted molar refractivity (Wildman–Crippen MR) is 73.4 cm³/mol. The van der Waals surface area contributed by atoms with E-state index in [0.29, 0.717) is 17.8 Å². The summed E-state index contributed by atoms with van der Waals surface area (Å²) < 4.78 is 5.02. The van der Waals surface area contributed by atoms with E-state index in [4.69, 9.17) is 4.74 Å². The van der Waals surface area contributed by atoms with Crippen LogP contribution in [0.25, 0.3) is 0 Å². The van der Waals surface area contributed by atoms with E-state index in [1.54, 1.807) is 19.2 Å². The molecule has 0 spiro atoms. The Morgan fingerprint density at radius 2 is 2.39 bits per heavy atom. The molecule has 0 amide bonds. The van der Waals surface area contributed by atoms with Gasteiger partial charge in [-0.1, -0.05) is 0 Å². The highest BCUT2D eigenvalue weighted by Crippen LogP contribution is 2.29. The average molecular weight is 250 g/mol. The van der Waals surface area contributed by atoms with Gasteiger partial charge in [-0.25, -0.2) is 0 Å². The van der Waals surface area contributed by atoms with Crippen molar-refractivity contribution < 1.29 is 9.84 Å². The van der Waals surface area contributed by atoms with Crippen LogP contribution in [0.1, 0.15) is 26.2 Å². The molecule has 1 fully saturated rings. The Labute approximate surface area is 108 Å². The summed E-state index contributed by atoms with van der Waals surface area (Å²) in [7, 11) is 1.55. The number of ether oxygens (including phenoxy) is 1. The minimum atomic E-state index is 0.175. The van der Waals surface area contributed by atoms with E-state index in [2.05, 4.69) is 17.6 Å². The molecule has 3 N–H and O–H groups in total. The Morgan fingerprint density at radius 3 is 3.00 bits per heavy atom. The normalized spacial score (nSPS) is 20.7. The van der Waals surface area contributed by atoms with Crippen LogP contribution >= 0.6 is 0 Å². The molecule has 1 heterocycles. The number of hydrogen-bond acceptors (Lipinski definition) is 4. The largest absolute Gasteiger partial charge is 0.504 e. The highest BCUT2D eigenvalue weighted by Gasteiger charge is 2.17. The minimum Gasteiger partial charge on any atom is -0.504 e. The lowest BCUT2D eigenvalue weighted by atomic mass is 10.1. The summed E-state index contributed by atoms with van der Waals surface area (Å²) in [6, 6.07) is 6.42. The summed E-state index contributed by atoms with van der Waals surface area (Å²) in [4.78, 5) is 0. The van der Waals surface area contributed by atoms with Crippen LogP contribution in [0.3, 0.4) is 0 Å². The third-order valence-corrected chi connectivity index (χ3v) is 3.39. The Bertz CT molecular complexity index is 389. The van der Waals surface area contributed by atoms with Gasteiger partial charge in [0, 0.05) is 23.8 Å². The van der Waals surface area contributed by atoms with Crippen molar-refractivity contribution in [1.29, 1.82) is 0 Å². The monoisotopic (exact) mass is 250 g/mol. The highest BCUT2D eigenvalue weighted by atomic mass is 16.5. The first-order chi connectivity index (χ1) is 8.69. The number of phenolic OH excluding ortho intramolecular Hbond substituents is 1. The molecule has 1 aromatic carbocycles. The van der Waals surface area contributed by atoms with Crippen molar-refractivity contribution in [2.75, 3.05) is 19.0 Å². The maximum absolute atomic E-state index is 9.71. The zero-order valence-electron chi connectivity index (χ0n) is 11.1. The van der Waals surface area contributed by atoms with Crippen LogP contribution in [0.4, 0.5) is 5.69 Å². The summed E-state index contributed by atoms with van der Waals surface area (Å²) in [5.74, 6) is 0.680. The first-order valence-corrected chi connectivity index (χ1v) is 6.56. The van der Waals surface area contributed by atoms with Gasteiger partial charge in [0.1, 0.15) is 0 Å². The molecule has 1 aliphatic heterocycles. The van der Waals surface area contributed by atoms with Gasteiger partial charge in [0.05, 0.1) is 7.11 Å². The van der Waals surface area contributed by atoms with Gasteiger partial charge < -0.3 is 20.5 Å². The third kappa shape index (κ3) is 3.29. The average Bonchev–Trinajstić information content (AvgIpc) is 2.82. The van der Waals surface area contributed by atoms with Gasteiger partial charge in [-0.3, -0.25) is 0 Å². The van der Waals surface area contributed by atoms with Crippen molar-refractivity contribution >= 4 is 5.69 Å². The number of rotatable bonds is 5. The molecule has 100 valence electrons. The van der Waals surface area contributed by atoms with Crippen LogP contribution in [0.5, 0.6) is 11.5 Å². The van der Waals surface area contributed by atoms with Crippen molar-refractivity contribution in [3.63, 3.8) is 0 Å². The zero-order chi connectivity index (χ0) is 13.0. The minimum absolute atomic E-state index is 0.175. The molecule has 18 heavy (non-hydrogen) atoms. The van der Waals surface area contributed by atoms with E-state index in [0.717, 1.165) is 18.7 Å². The number of aromatic hydroxyl groups is 1. The standard InChI is InChI=1S/C14H22N2O2/c1-10(8-11-4-3-7-15-11)16-12-5-6-14(18-2)13(17)9-12/h5-6,9-11,15-17H,3-4,7-8H2,1-2H3. The van der Waals surface area contributed by atoms with Crippen LogP contribution in [-0.2, 0) is 0 Å². The molecular formula is C14H22N2O2. The van der Waals surface area contributed by atoms with Crippen molar-refractivity contribution in [3.8, 4) is 11.5 Å². The van der Waals surface area contributed by atoms with Gasteiger partial charge >= 0.3 is 0 Å². The maximum Gasteiger partial charge on any atom is 0.160 e. The lowest BCUT2D eigenvalue weighted by Crippen LogP contribution is -2.29. The van der Waals surface area contributed by atoms with Crippen molar-refractivity contribution in [3.05, 3.63) is 18.2 Å². The molecule has 2 unspecified atom stereocenters. The Hall–Kier alpha value is -1.42. The fraction of sp³-hybridized carbons (Fsp3) is 0.571. The Balaban J connectivity index is 1.89. The van der Waals surface area contributed by atoms with E-state index < -0.39 is 0 Å². The molecule has 1 aliphatic rings. The van der Waals surface area contributed by atoms with Crippen LogP contribution < -0.4 is 15.4 Å². The zero-order valence-corrected chi connectivity index (χ0v) is 11.1. The van der Waals surface area contributed by atoms with E-state index in [1.165, 1.54) is 12.8 Å². The topological polar surface area (TPSA) is 53.5 Å². The summed E-state index contributed by atoms with van der Waals surface area (Å²) >= 11 is 0. The molecular weight excluding hydrogens is 228 g/mol. The van der Waals surface area contributed by atoms with Crippen molar-refractivity contribution in [2.45, 2.75) is 38.3 Å². The van der Waals surface area contributed by atoms with E-state index >= 15 is 0 Å². The molecule has 0 radical (unpaired) electrons. The lowest BCUT2D eigenvalue weighted by Gasteiger charge is -2.19. The maximum atomic E-state index is 9.71. The molecule has 0 aromatic heterocycles. The van der Waals surface area contributed by atoms with Gasteiger partial charge in [0.25, 0.3) is 0 Å². The second kappa shape index (κ2) is 5.96. The number of anilines is 1. The summed E-state index contributed by atoms with van der Waals surface area (Å²) in [6.07, 6.45) is 3.65. The number of phenols is 1. The van der Waals surface area contributed by atoms with Crippen LogP contribution in [0, 0.1) is 0 Å². The van der Waals surface area contributed by atoms with E-state index in [-0.39, 0.29) is 5.75 Å².